The van der Waals surface area contributed by atoms with E-state index < -0.39 is 0 Å². The molecule has 1 heterocycles. The van der Waals surface area contributed by atoms with Crippen molar-refractivity contribution in [2.45, 2.75) is 32.7 Å². The Morgan fingerprint density at radius 3 is 2.61 bits per heavy atom. The number of hydrogen-bond donors (Lipinski definition) is 2. The van der Waals surface area contributed by atoms with Gasteiger partial charge >= 0.3 is 0 Å². The zero-order valence-electron chi connectivity index (χ0n) is 11.1. The van der Waals surface area contributed by atoms with Gasteiger partial charge in [-0.05, 0) is 12.8 Å². The Balaban J connectivity index is 2.84. The number of anilines is 1. The van der Waals surface area contributed by atoms with Crippen molar-refractivity contribution in [1.29, 1.82) is 0 Å². The molecule has 0 fully saturated rings. The first-order chi connectivity index (χ1) is 8.63. The number of H-pyrrole nitrogens is 1. The Hall–Kier alpha value is -1.63. The lowest BCUT2D eigenvalue weighted by atomic mass is 10.1. The number of nitrogen functional groups attached to an aromatic ring is 1. The number of aromatic amines is 1. The number of hydrogen-bond acceptors (Lipinski definition) is 5. The van der Waals surface area contributed by atoms with Gasteiger partial charge in [-0.15, -0.1) is 5.10 Å². The van der Waals surface area contributed by atoms with Gasteiger partial charge in [-0.2, -0.15) is 4.98 Å². The number of nitrogens with two attached hydrogens (primary N) is 1. The number of nitrogens with zero attached hydrogens (tertiary/aromatic N) is 3. The zero-order chi connectivity index (χ0) is 13.5. The summed E-state index contributed by atoms with van der Waals surface area (Å²) in [7, 11) is 1.61. The van der Waals surface area contributed by atoms with Gasteiger partial charge in [0.2, 0.25) is 11.8 Å². The van der Waals surface area contributed by atoms with E-state index in [2.05, 4.69) is 29.0 Å². The normalized spacial score (nSPS) is 10.9. The van der Waals surface area contributed by atoms with E-state index in [4.69, 9.17) is 10.5 Å². The van der Waals surface area contributed by atoms with Gasteiger partial charge < -0.3 is 15.4 Å². The summed E-state index contributed by atoms with van der Waals surface area (Å²) >= 11 is 0. The lowest BCUT2D eigenvalue weighted by Gasteiger charge is -2.29. The fraction of sp³-hybridized carbons (Fsp3) is 0.727. The number of carbonyl (C=O) groups excluding carboxylic acids is 1. The van der Waals surface area contributed by atoms with E-state index in [0.717, 1.165) is 12.8 Å². The maximum absolute atomic E-state index is 12.3. The quantitative estimate of drug-likeness (QED) is 0.746. The van der Waals surface area contributed by atoms with E-state index >= 15 is 0 Å². The molecule has 0 radical (unpaired) electrons. The molecule has 7 heteroatoms. The van der Waals surface area contributed by atoms with Gasteiger partial charge in [0.05, 0.1) is 6.61 Å². The first kappa shape index (κ1) is 14.4. The molecule has 0 aliphatic rings. The Kier molecular flexibility index (Phi) is 5.57. The maximum Gasteiger partial charge on any atom is 0.291 e. The summed E-state index contributed by atoms with van der Waals surface area (Å²) in [4.78, 5) is 17.9. The van der Waals surface area contributed by atoms with Crippen molar-refractivity contribution in [3.05, 3.63) is 5.82 Å². The average molecular weight is 255 g/mol. The Morgan fingerprint density at radius 1 is 1.50 bits per heavy atom. The molecule has 3 N–H and O–H groups in total. The van der Waals surface area contributed by atoms with Crippen LogP contribution in [-0.4, -0.2) is 52.3 Å². The number of ether oxygens (including phenoxy) is 1. The van der Waals surface area contributed by atoms with Crippen molar-refractivity contribution in [2.75, 3.05) is 26.0 Å². The molecule has 18 heavy (non-hydrogen) atoms. The molecule has 0 aliphatic carbocycles. The van der Waals surface area contributed by atoms with Gasteiger partial charge in [0.15, 0.2) is 0 Å². The highest BCUT2D eigenvalue weighted by atomic mass is 16.5. The number of carbonyl (C=O) groups is 1. The molecule has 0 bridgehead atoms. The van der Waals surface area contributed by atoms with Crippen molar-refractivity contribution in [2.24, 2.45) is 0 Å². The van der Waals surface area contributed by atoms with E-state index in [1.54, 1.807) is 12.0 Å². The van der Waals surface area contributed by atoms with Gasteiger partial charge in [0.25, 0.3) is 5.91 Å². The second kappa shape index (κ2) is 6.95. The van der Waals surface area contributed by atoms with E-state index in [0.29, 0.717) is 13.2 Å². The lowest BCUT2D eigenvalue weighted by molar-refractivity contribution is 0.0578. The highest BCUT2D eigenvalue weighted by Gasteiger charge is 2.24. The number of nitrogens with one attached hydrogen (secondary N) is 1. The van der Waals surface area contributed by atoms with Crippen LogP contribution < -0.4 is 5.73 Å². The average Bonchev–Trinajstić information content (AvgIpc) is 2.80. The van der Waals surface area contributed by atoms with Crippen LogP contribution in [0.25, 0.3) is 0 Å². The molecular weight excluding hydrogens is 234 g/mol. The van der Waals surface area contributed by atoms with Crippen LogP contribution >= 0.6 is 0 Å². The number of amides is 1. The summed E-state index contributed by atoms with van der Waals surface area (Å²) in [6, 6.07) is 0.166. The third-order valence-electron chi connectivity index (χ3n) is 2.89. The summed E-state index contributed by atoms with van der Waals surface area (Å²) in [6.45, 7) is 5.13. The molecule has 0 unspecified atom stereocenters. The molecule has 0 saturated heterocycles. The third kappa shape index (κ3) is 3.43. The van der Waals surface area contributed by atoms with Crippen molar-refractivity contribution >= 4 is 11.9 Å². The van der Waals surface area contributed by atoms with Gasteiger partial charge in [-0.1, -0.05) is 13.8 Å². The second-order valence-electron chi connectivity index (χ2n) is 4.00. The zero-order valence-corrected chi connectivity index (χ0v) is 11.1. The molecule has 1 amide bonds. The Labute approximate surface area is 107 Å². The smallest absolute Gasteiger partial charge is 0.291 e. The highest BCUT2D eigenvalue weighted by molar-refractivity contribution is 5.90. The van der Waals surface area contributed by atoms with Gasteiger partial charge in [0.1, 0.15) is 0 Å². The largest absolute Gasteiger partial charge is 0.383 e. The van der Waals surface area contributed by atoms with Gasteiger partial charge in [-0.3, -0.25) is 9.89 Å². The van der Waals surface area contributed by atoms with Crippen LogP contribution in [0.2, 0.25) is 0 Å². The fourth-order valence-electron chi connectivity index (χ4n) is 1.88. The summed E-state index contributed by atoms with van der Waals surface area (Å²) in [5.74, 6) is 0.0649. The summed E-state index contributed by atoms with van der Waals surface area (Å²) in [5.41, 5.74) is 5.41. The van der Waals surface area contributed by atoms with Crippen LogP contribution in [0.3, 0.4) is 0 Å². The van der Waals surface area contributed by atoms with E-state index in [-0.39, 0.29) is 23.7 Å². The predicted octanol–water partition coefficient (Wildman–Crippen LogP) is 0.664. The van der Waals surface area contributed by atoms with E-state index in [1.165, 1.54) is 0 Å². The summed E-state index contributed by atoms with van der Waals surface area (Å²) < 4.78 is 5.04. The predicted molar refractivity (Wildman–Crippen MR) is 68.1 cm³/mol. The van der Waals surface area contributed by atoms with Crippen molar-refractivity contribution in [3.63, 3.8) is 0 Å². The Bertz CT molecular complexity index is 375. The molecule has 1 aromatic rings. The highest BCUT2D eigenvalue weighted by Crippen LogP contribution is 2.11. The minimum absolute atomic E-state index is 0.0783. The molecule has 0 saturated carbocycles. The Morgan fingerprint density at radius 2 is 2.17 bits per heavy atom. The molecular formula is C11H21N5O2. The standard InChI is InChI=1S/C11H21N5O2/c1-4-8(5-2)16(6-7-18-3)10(17)9-13-11(12)15-14-9/h8H,4-7H2,1-3H3,(H3,12,13,14,15). The van der Waals surface area contributed by atoms with Crippen LogP contribution in [0.15, 0.2) is 0 Å². The van der Waals surface area contributed by atoms with Crippen LogP contribution in [0.4, 0.5) is 5.95 Å². The molecule has 102 valence electrons. The van der Waals surface area contributed by atoms with Gasteiger partial charge in [-0.25, -0.2) is 0 Å². The first-order valence-electron chi connectivity index (χ1n) is 6.11. The van der Waals surface area contributed by atoms with Crippen LogP contribution in [0, 0.1) is 0 Å². The van der Waals surface area contributed by atoms with Crippen molar-refractivity contribution < 1.29 is 9.53 Å². The molecule has 1 aromatic heterocycles. The number of methoxy groups -OCH3 is 1. The molecule has 0 aliphatic heterocycles. The molecule has 7 nitrogen and oxygen atoms in total. The van der Waals surface area contributed by atoms with Crippen LogP contribution in [0.1, 0.15) is 37.3 Å². The molecule has 0 spiro atoms. The lowest BCUT2D eigenvalue weighted by Crippen LogP contribution is -2.42. The number of rotatable bonds is 7. The minimum atomic E-state index is -0.190. The van der Waals surface area contributed by atoms with E-state index in [1.807, 2.05) is 0 Å². The number of aromatic nitrogens is 3. The van der Waals surface area contributed by atoms with Crippen molar-refractivity contribution in [3.8, 4) is 0 Å². The van der Waals surface area contributed by atoms with E-state index in [9.17, 15) is 4.79 Å². The topological polar surface area (TPSA) is 97.1 Å². The maximum atomic E-state index is 12.3. The third-order valence-corrected chi connectivity index (χ3v) is 2.89. The second-order valence-corrected chi connectivity index (χ2v) is 4.00. The van der Waals surface area contributed by atoms with Crippen molar-refractivity contribution in [1.82, 2.24) is 20.1 Å². The van der Waals surface area contributed by atoms with Crippen LogP contribution in [-0.2, 0) is 4.74 Å². The fourth-order valence-corrected chi connectivity index (χ4v) is 1.88. The van der Waals surface area contributed by atoms with Gasteiger partial charge in [0, 0.05) is 19.7 Å². The van der Waals surface area contributed by atoms with Crippen LogP contribution in [0.5, 0.6) is 0 Å². The first-order valence-corrected chi connectivity index (χ1v) is 6.11. The molecule has 1 rings (SSSR count). The summed E-state index contributed by atoms with van der Waals surface area (Å²) in [5, 5.41) is 6.22. The minimum Gasteiger partial charge on any atom is -0.383 e. The summed E-state index contributed by atoms with van der Waals surface area (Å²) in [6.07, 6.45) is 1.77. The molecule has 0 atom stereocenters. The SMILES string of the molecule is CCC(CC)N(CCOC)C(=O)c1nc(N)n[nH]1. The molecule has 0 aromatic carbocycles. The monoisotopic (exact) mass is 255 g/mol.